The van der Waals surface area contributed by atoms with Gasteiger partial charge in [0.15, 0.2) is 0 Å². The summed E-state index contributed by atoms with van der Waals surface area (Å²) in [5, 5.41) is 3.40. The van der Waals surface area contributed by atoms with E-state index in [-0.39, 0.29) is 6.10 Å². The van der Waals surface area contributed by atoms with E-state index in [0.29, 0.717) is 5.75 Å². The Morgan fingerprint density at radius 3 is 2.46 bits per heavy atom. The van der Waals surface area contributed by atoms with Crippen molar-refractivity contribution in [3.05, 3.63) is 59.7 Å². The lowest BCUT2D eigenvalue weighted by atomic mass is 10.1. The van der Waals surface area contributed by atoms with Crippen LogP contribution in [0.3, 0.4) is 0 Å². The molecule has 0 fully saturated rings. The second-order valence-corrected chi connectivity index (χ2v) is 7.99. The Labute approximate surface area is 156 Å². The lowest BCUT2D eigenvalue weighted by Gasteiger charge is -2.11. The molecule has 5 nitrogen and oxygen atoms in total. The third kappa shape index (κ3) is 7.45. The zero-order chi connectivity index (χ0) is 19.0. The second kappa shape index (κ2) is 9.59. The zero-order valence-corrected chi connectivity index (χ0v) is 16.4. The Bertz CT molecular complexity index is 788. The van der Waals surface area contributed by atoms with E-state index in [4.69, 9.17) is 8.92 Å². The third-order valence-electron chi connectivity index (χ3n) is 4.00. The van der Waals surface area contributed by atoms with Crippen LogP contribution in [0.15, 0.2) is 48.5 Å². The van der Waals surface area contributed by atoms with Crippen LogP contribution in [0.5, 0.6) is 5.75 Å². The van der Waals surface area contributed by atoms with Crippen LogP contribution in [0.2, 0.25) is 0 Å². The summed E-state index contributed by atoms with van der Waals surface area (Å²) in [5.74, 6) is 0.360. The van der Waals surface area contributed by atoms with Gasteiger partial charge in [0.25, 0.3) is 0 Å². The summed E-state index contributed by atoms with van der Waals surface area (Å²) >= 11 is 0. The van der Waals surface area contributed by atoms with Gasteiger partial charge in [0, 0.05) is 19.3 Å². The van der Waals surface area contributed by atoms with Crippen LogP contribution >= 0.6 is 0 Å². The summed E-state index contributed by atoms with van der Waals surface area (Å²) in [6.45, 7) is 2.90. The van der Waals surface area contributed by atoms with E-state index in [1.807, 2.05) is 12.1 Å². The molecule has 1 N–H and O–H groups in total. The molecule has 0 amide bonds. The Kier molecular flexibility index (Phi) is 7.48. The van der Waals surface area contributed by atoms with Crippen molar-refractivity contribution < 1.29 is 17.3 Å². The van der Waals surface area contributed by atoms with Crippen molar-refractivity contribution >= 4 is 15.8 Å². The maximum Gasteiger partial charge on any atom is 0.306 e. The summed E-state index contributed by atoms with van der Waals surface area (Å²) in [5.41, 5.74) is 3.40. The third-order valence-corrected chi connectivity index (χ3v) is 4.49. The highest BCUT2D eigenvalue weighted by molar-refractivity contribution is 7.86. The summed E-state index contributed by atoms with van der Waals surface area (Å²) < 4.78 is 32.6. The van der Waals surface area contributed by atoms with Gasteiger partial charge in [-0.05, 0) is 61.6 Å². The summed E-state index contributed by atoms with van der Waals surface area (Å²) in [6.07, 6.45) is 3.95. The molecular formula is C20H27NO4S. The van der Waals surface area contributed by atoms with E-state index in [2.05, 4.69) is 36.5 Å². The molecule has 2 aromatic carbocycles. The molecule has 2 aromatic rings. The molecule has 0 aliphatic rings. The molecule has 0 aliphatic carbocycles. The monoisotopic (exact) mass is 377 g/mol. The first-order chi connectivity index (χ1) is 12.4. The zero-order valence-electron chi connectivity index (χ0n) is 15.6. The molecule has 2 rings (SSSR count). The van der Waals surface area contributed by atoms with Crippen LogP contribution in [0.1, 0.15) is 24.5 Å². The Morgan fingerprint density at radius 2 is 1.81 bits per heavy atom. The molecule has 0 aliphatic heterocycles. The van der Waals surface area contributed by atoms with E-state index in [0.717, 1.165) is 43.3 Å². The van der Waals surface area contributed by atoms with Gasteiger partial charge in [-0.3, -0.25) is 0 Å². The van der Waals surface area contributed by atoms with E-state index >= 15 is 0 Å². The summed E-state index contributed by atoms with van der Waals surface area (Å²) in [4.78, 5) is 0. The second-order valence-electron chi connectivity index (χ2n) is 6.41. The summed E-state index contributed by atoms with van der Waals surface area (Å²) in [6, 6.07) is 15.6. The predicted octanol–water partition coefficient (Wildman–Crippen LogP) is 3.65. The lowest BCUT2D eigenvalue weighted by Crippen LogP contribution is -2.08. The molecule has 26 heavy (non-hydrogen) atoms. The van der Waals surface area contributed by atoms with Crippen molar-refractivity contribution in [1.82, 2.24) is 0 Å². The van der Waals surface area contributed by atoms with Crippen molar-refractivity contribution in [3.8, 4) is 5.75 Å². The van der Waals surface area contributed by atoms with Crippen molar-refractivity contribution in [2.45, 2.75) is 32.3 Å². The highest BCUT2D eigenvalue weighted by Crippen LogP contribution is 2.17. The van der Waals surface area contributed by atoms with E-state index in [9.17, 15) is 8.42 Å². The van der Waals surface area contributed by atoms with E-state index in [1.165, 1.54) is 5.56 Å². The van der Waals surface area contributed by atoms with Gasteiger partial charge in [0.2, 0.25) is 0 Å². The van der Waals surface area contributed by atoms with E-state index in [1.54, 1.807) is 19.2 Å². The molecule has 6 heteroatoms. The van der Waals surface area contributed by atoms with Gasteiger partial charge >= 0.3 is 10.1 Å². The Hall–Kier alpha value is -2.05. The molecule has 0 bridgehead atoms. The Morgan fingerprint density at radius 1 is 1.08 bits per heavy atom. The minimum Gasteiger partial charge on any atom is -0.385 e. The maximum absolute atomic E-state index is 11.2. The first-order valence-corrected chi connectivity index (χ1v) is 10.5. The number of aryl methyl sites for hydroxylation is 1. The maximum atomic E-state index is 11.2. The number of anilines is 1. The standard InChI is InChI=1S/C20H27NO4S/c1-16(24-2)14-18-9-11-19(12-10-18)21-13-5-7-17-6-4-8-20(15-17)25-26(3,22)23/h4,6,8-12,15-16,21H,5,7,13-14H2,1-3H3/t16-/m1/s1. The van der Waals surface area contributed by atoms with Crippen LogP contribution in [0.4, 0.5) is 5.69 Å². The topological polar surface area (TPSA) is 64.6 Å². The van der Waals surface area contributed by atoms with Crippen molar-refractivity contribution in [1.29, 1.82) is 0 Å². The first-order valence-electron chi connectivity index (χ1n) is 8.70. The molecular weight excluding hydrogens is 350 g/mol. The van der Waals surface area contributed by atoms with Gasteiger partial charge in [0.1, 0.15) is 5.75 Å². The van der Waals surface area contributed by atoms with Crippen LogP contribution in [-0.2, 0) is 27.7 Å². The molecule has 0 heterocycles. The number of hydrogen-bond donors (Lipinski definition) is 1. The Balaban J connectivity index is 1.77. The van der Waals surface area contributed by atoms with Gasteiger partial charge in [-0.1, -0.05) is 24.3 Å². The van der Waals surface area contributed by atoms with Gasteiger partial charge < -0.3 is 14.2 Å². The van der Waals surface area contributed by atoms with Crippen LogP contribution in [0.25, 0.3) is 0 Å². The fourth-order valence-electron chi connectivity index (χ4n) is 2.63. The van der Waals surface area contributed by atoms with Crippen molar-refractivity contribution in [3.63, 3.8) is 0 Å². The molecule has 0 unspecified atom stereocenters. The average Bonchev–Trinajstić information content (AvgIpc) is 2.59. The first kappa shape index (κ1) is 20.3. The number of rotatable bonds is 10. The highest BCUT2D eigenvalue weighted by atomic mass is 32.2. The minimum absolute atomic E-state index is 0.219. The smallest absolute Gasteiger partial charge is 0.306 e. The van der Waals surface area contributed by atoms with Gasteiger partial charge in [-0.2, -0.15) is 8.42 Å². The normalized spacial score (nSPS) is 12.6. The number of hydrogen-bond acceptors (Lipinski definition) is 5. The van der Waals surface area contributed by atoms with Crippen molar-refractivity contribution in [2.24, 2.45) is 0 Å². The molecule has 0 aromatic heterocycles. The van der Waals surface area contributed by atoms with Gasteiger partial charge in [-0.25, -0.2) is 0 Å². The predicted molar refractivity (Wildman–Crippen MR) is 105 cm³/mol. The molecule has 0 saturated carbocycles. The average molecular weight is 378 g/mol. The number of methoxy groups -OCH3 is 1. The quantitative estimate of drug-likeness (QED) is 0.506. The highest BCUT2D eigenvalue weighted by Gasteiger charge is 2.05. The molecule has 0 saturated heterocycles. The molecule has 1 atom stereocenters. The van der Waals surface area contributed by atoms with Gasteiger partial charge in [-0.15, -0.1) is 0 Å². The van der Waals surface area contributed by atoms with Gasteiger partial charge in [0.05, 0.1) is 12.4 Å². The minimum atomic E-state index is -3.49. The largest absolute Gasteiger partial charge is 0.385 e. The molecule has 0 spiro atoms. The van der Waals surface area contributed by atoms with Crippen molar-refractivity contribution in [2.75, 3.05) is 25.2 Å². The number of benzene rings is 2. The lowest BCUT2D eigenvalue weighted by molar-refractivity contribution is 0.119. The van der Waals surface area contributed by atoms with Crippen LogP contribution in [-0.4, -0.2) is 34.4 Å². The fourth-order valence-corrected chi connectivity index (χ4v) is 3.08. The van der Waals surface area contributed by atoms with E-state index < -0.39 is 10.1 Å². The van der Waals surface area contributed by atoms with Crippen LogP contribution < -0.4 is 9.50 Å². The fraction of sp³-hybridized carbons (Fsp3) is 0.400. The molecule has 142 valence electrons. The number of ether oxygens (including phenoxy) is 1. The summed E-state index contributed by atoms with van der Waals surface area (Å²) in [7, 11) is -1.76. The molecule has 0 radical (unpaired) electrons. The SMILES string of the molecule is CO[C@H](C)Cc1ccc(NCCCc2cccc(OS(C)(=O)=O)c2)cc1. The number of nitrogens with one attached hydrogen (secondary N) is 1. The van der Waals surface area contributed by atoms with Crippen LogP contribution in [0, 0.1) is 0 Å².